The lowest BCUT2D eigenvalue weighted by Gasteiger charge is -2.11. The van der Waals surface area contributed by atoms with Gasteiger partial charge < -0.3 is 9.47 Å². The van der Waals surface area contributed by atoms with Crippen LogP contribution >= 0.6 is 23.5 Å². The predicted molar refractivity (Wildman–Crippen MR) is 158 cm³/mol. The Morgan fingerprint density at radius 1 is 0.625 bits per heavy atom. The molecule has 0 bridgehead atoms. The van der Waals surface area contributed by atoms with E-state index in [9.17, 15) is 9.59 Å². The molecule has 0 unspecified atom stereocenters. The van der Waals surface area contributed by atoms with Gasteiger partial charge in [-0.2, -0.15) is 0 Å². The van der Waals surface area contributed by atoms with Crippen LogP contribution in [-0.2, 0) is 19.1 Å². The van der Waals surface area contributed by atoms with Gasteiger partial charge in [0.2, 0.25) is 0 Å². The molecule has 0 amide bonds. The molecule has 0 atom stereocenters. The van der Waals surface area contributed by atoms with Gasteiger partial charge in [0.15, 0.2) is 11.6 Å². The van der Waals surface area contributed by atoms with Crippen molar-refractivity contribution in [2.45, 2.75) is 23.9 Å². The summed E-state index contributed by atoms with van der Waals surface area (Å²) in [4.78, 5) is 43.3. The zero-order valence-corrected chi connectivity index (χ0v) is 23.6. The number of hydrogen-bond donors (Lipinski definition) is 0. The van der Waals surface area contributed by atoms with E-state index in [1.54, 1.807) is 13.8 Å². The van der Waals surface area contributed by atoms with Gasteiger partial charge in [0.25, 0.3) is 0 Å². The molecule has 2 heterocycles. The molecule has 0 saturated heterocycles. The van der Waals surface area contributed by atoms with E-state index in [1.165, 1.54) is 23.5 Å². The summed E-state index contributed by atoms with van der Waals surface area (Å²) in [6.07, 6.45) is 0. The Morgan fingerprint density at radius 3 is 1.52 bits per heavy atom. The van der Waals surface area contributed by atoms with E-state index in [-0.39, 0.29) is 23.4 Å². The van der Waals surface area contributed by atoms with Crippen LogP contribution in [0.4, 0.5) is 0 Å². The smallest absolute Gasteiger partial charge is 0.316 e. The number of hydrogen-bond acceptors (Lipinski definition) is 10. The summed E-state index contributed by atoms with van der Waals surface area (Å²) in [6, 6.07) is 23.2. The molecule has 3 aromatic carbocycles. The van der Waals surface area contributed by atoms with Gasteiger partial charge in [0, 0.05) is 21.9 Å². The fraction of sp³-hybridized carbons (Fsp3) is 0.200. The van der Waals surface area contributed by atoms with E-state index in [1.807, 2.05) is 72.8 Å². The molecule has 0 aliphatic heterocycles. The van der Waals surface area contributed by atoms with Crippen LogP contribution in [0.15, 0.2) is 82.8 Å². The highest BCUT2D eigenvalue weighted by atomic mass is 32.2. The van der Waals surface area contributed by atoms with Crippen LogP contribution in [0.3, 0.4) is 0 Å². The average Bonchev–Trinajstić information content (AvgIpc) is 2.98. The Morgan fingerprint density at radius 2 is 1.07 bits per heavy atom. The maximum absolute atomic E-state index is 12.0. The normalized spacial score (nSPS) is 11.1. The monoisotopic (exact) mass is 570 g/mol. The number of benzene rings is 3. The molecule has 10 heteroatoms. The molecule has 40 heavy (non-hydrogen) atoms. The van der Waals surface area contributed by atoms with Crippen molar-refractivity contribution in [1.29, 1.82) is 0 Å². The van der Waals surface area contributed by atoms with E-state index < -0.39 is 0 Å². The van der Waals surface area contributed by atoms with Gasteiger partial charge in [-0.15, -0.1) is 0 Å². The molecule has 0 fully saturated rings. The van der Waals surface area contributed by atoms with Crippen molar-refractivity contribution >= 4 is 57.3 Å². The van der Waals surface area contributed by atoms with Gasteiger partial charge >= 0.3 is 11.9 Å². The van der Waals surface area contributed by atoms with Crippen molar-refractivity contribution in [1.82, 2.24) is 19.9 Å². The molecule has 0 aliphatic rings. The summed E-state index contributed by atoms with van der Waals surface area (Å²) in [6.45, 7) is 4.24. The van der Waals surface area contributed by atoms with Crippen LogP contribution in [0.1, 0.15) is 13.8 Å². The number of ether oxygens (including phenoxy) is 2. The Hall–Kier alpha value is -4.02. The SMILES string of the molecule is CCOC(=O)CSc1nc(-c2cccc(-c3nc(SCC(=O)OCC)c4ccccc4n3)c2)nc2ccccc12. The number of carbonyl (C=O) groups is 2. The topological polar surface area (TPSA) is 104 Å². The Kier molecular flexibility index (Phi) is 8.87. The molecule has 0 spiro atoms. The molecular formula is C30H26N4O4S2. The van der Waals surface area contributed by atoms with Gasteiger partial charge in [-0.1, -0.05) is 78.1 Å². The van der Waals surface area contributed by atoms with Crippen LogP contribution in [0.2, 0.25) is 0 Å². The summed E-state index contributed by atoms with van der Waals surface area (Å²) >= 11 is 2.66. The predicted octanol–water partition coefficient (Wildman–Crippen LogP) is 6.22. The van der Waals surface area contributed by atoms with Crippen molar-refractivity contribution in [3.05, 3.63) is 72.8 Å². The van der Waals surface area contributed by atoms with E-state index in [2.05, 4.69) is 0 Å². The third kappa shape index (κ3) is 6.40. The maximum Gasteiger partial charge on any atom is 0.316 e. The van der Waals surface area contributed by atoms with Crippen LogP contribution < -0.4 is 0 Å². The molecule has 2 aromatic heterocycles. The van der Waals surface area contributed by atoms with Crippen molar-refractivity contribution in [2.24, 2.45) is 0 Å². The van der Waals surface area contributed by atoms with Crippen molar-refractivity contribution < 1.29 is 19.1 Å². The second-order valence-electron chi connectivity index (χ2n) is 8.51. The van der Waals surface area contributed by atoms with E-state index >= 15 is 0 Å². The zero-order chi connectivity index (χ0) is 27.9. The highest BCUT2D eigenvalue weighted by molar-refractivity contribution is 8.00. The number of rotatable bonds is 10. The number of carbonyl (C=O) groups excluding carboxylic acids is 2. The summed E-state index contributed by atoms with van der Waals surface area (Å²) in [7, 11) is 0. The highest BCUT2D eigenvalue weighted by Gasteiger charge is 2.15. The van der Waals surface area contributed by atoms with Gasteiger partial charge in [-0.25, -0.2) is 19.9 Å². The van der Waals surface area contributed by atoms with Crippen LogP contribution in [0.25, 0.3) is 44.6 Å². The van der Waals surface area contributed by atoms with Gasteiger partial charge in [-0.05, 0) is 32.0 Å². The largest absolute Gasteiger partial charge is 0.465 e. The van der Waals surface area contributed by atoms with Crippen LogP contribution in [0.5, 0.6) is 0 Å². The highest BCUT2D eigenvalue weighted by Crippen LogP contribution is 2.32. The summed E-state index contributed by atoms with van der Waals surface area (Å²) in [5.74, 6) is 0.804. The Bertz CT molecular complexity index is 1580. The van der Waals surface area contributed by atoms with Crippen LogP contribution in [-0.4, -0.2) is 56.6 Å². The minimum Gasteiger partial charge on any atom is -0.465 e. The Balaban J connectivity index is 1.52. The van der Waals surface area contributed by atoms with Crippen LogP contribution in [0, 0.1) is 0 Å². The lowest BCUT2D eigenvalue weighted by atomic mass is 10.1. The first-order chi connectivity index (χ1) is 19.6. The van der Waals surface area contributed by atoms with E-state index in [4.69, 9.17) is 29.4 Å². The van der Waals surface area contributed by atoms with E-state index in [0.717, 1.165) is 32.9 Å². The quantitative estimate of drug-likeness (QED) is 0.109. The van der Waals surface area contributed by atoms with Gasteiger partial charge in [-0.3, -0.25) is 9.59 Å². The molecule has 0 saturated carbocycles. The van der Waals surface area contributed by atoms with E-state index in [0.29, 0.717) is 34.9 Å². The van der Waals surface area contributed by atoms with Crippen molar-refractivity contribution in [3.63, 3.8) is 0 Å². The lowest BCUT2D eigenvalue weighted by molar-refractivity contribution is -0.140. The molecular weight excluding hydrogens is 544 g/mol. The molecule has 5 aromatic rings. The fourth-order valence-corrected chi connectivity index (χ4v) is 5.66. The molecule has 0 N–H and O–H groups in total. The first-order valence-electron chi connectivity index (χ1n) is 12.8. The zero-order valence-electron chi connectivity index (χ0n) is 22.0. The number of esters is 2. The third-order valence-corrected chi connectivity index (χ3v) is 7.71. The number of nitrogens with zero attached hydrogens (tertiary/aromatic N) is 4. The maximum atomic E-state index is 12.0. The number of aromatic nitrogens is 4. The second-order valence-corrected chi connectivity index (χ2v) is 10.4. The average molecular weight is 571 g/mol. The number of fused-ring (bicyclic) bond motifs is 2. The minimum atomic E-state index is -0.288. The third-order valence-electron chi connectivity index (χ3n) is 5.78. The summed E-state index contributed by atoms with van der Waals surface area (Å²) < 4.78 is 10.2. The molecule has 0 radical (unpaired) electrons. The minimum absolute atomic E-state index is 0.158. The first kappa shape index (κ1) is 27.5. The fourth-order valence-electron chi connectivity index (χ4n) is 4.03. The molecule has 0 aliphatic carbocycles. The molecule has 5 rings (SSSR count). The summed E-state index contributed by atoms with van der Waals surface area (Å²) in [5, 5.41) is 3.16. The standard InChI is InChI=1S/C30H26N4O4S2/c1-3-37-25(35)17-39-29-21-12-5-7-14-23(21)31-27(33-29)19-10-9-11-20(16-19)28-32-24-15-8-6-13-22(24)30(34-28)40-18-26(36)38-4-2/h5-16H,3-4,17-18H2,1-2H3. The van der Waals surface area contributed by atoms with Crippen molar-refractivity contribution in [3.8, 4) is 22.8 Å². The number of para-hydroxylation sites is 2. The Labute approximate surface area is 240 Å². The lowest BCUT2D eigenvalue weighted by Crippen LogP contribution is -2.07. The first-order valence-corrected chi connectivity index (χ1v) is 14.7. The molecule has 8 nitrogen and oxygen atoms in total. The second kappa shape index (κ2) is 12.9. The van der Waals surface area contributed by atoms with Gasteiger partial charge in [0.1, 0.15) is 10.1 Å². The summed E-state index contributed by atoms with van der Waals surface area (Å²) in [5.41, 5.74) is 3.14. The van der Waals surface area contributed by atoms with Crippen molar-refractivity contribution in [2.75, 3.05) is 24.7 Å². The molecule has 202 valence electrons. The number of thioether (sulfide) groups is 2. The van der Waals surface area contributed by atoms with Gasteiger partial charge in [0.05, 0.1) is 35.8 Å².